The average Bonchev–Trinajstić information content (AvgIpc) is 3.12. The molecule has 2 rings (SSSR count). The van der Waals surface area contributed by atoms with Gasteiger partial charge in [0.05, 0.1) is 13.3 Å². The van der Waals surface area contributed by atoms with Crippen LogP contribution in [0.1, 0.15) is 30.0 Å². The summed E-state index contributed by atoms with van der Waals surface area (Å²) in [6, 6.07) is 2.23. The second-order valence-corrected chi connectivity index (χ2v) is 7.10. The quantitative estimate of drug-likeness (QED) is 0.737. The van der Waals surface area contributed by atoms with E-state index in [2.05, 4.69) is 9.84 Å². The Hall–Kier alpha value is -2.13. The second kappa shape index (κ2) is 6.55. The van der Waals surface area contributed by atoms with Crippen molar-refractivity contribution in [1.29, 1.82) is 0 Å². The fourth-order valence-corrected chi connectivity index (χ4v) is 3.60. The highest BCUT2D eigenvalue weighted by Gasteiger charge is 2.31. The molecule has 0 radical (unpaired) electrons. The van der Waals surface area contributed by atoms with Gasteiger partial charge < -0.3 is 9.15 Å². The summed E-state index contributed by atoms with van der Waals surface area (Å²) in [4.78, 5) is 11.4. The van der Waals surface area contributed by atoms with Crippen LogP contribution in [0.4, 0.5) is 0 Å². The van der Waals surface area contributed by atoms with Crippen molar-refractivity contribution in [1.82, 2.24) is 14.1 Å². The van der Waals surface area contributed by atoms with Crippen molar-refractivity contribution >= 4 is 16.0 Å². The monoisotopic (exact) mass is 341 g/mol. The molecule has 0 bridgehead atoms. The van der Waals surface area contributed by atoms with E-state index in [1.807, 2.05) is 0 Å². The fraction of sp³-hybridized carbons (Fsp3) is 0.429. The summed E-state index contributed by atoms with van der Waals surface area (Å²) >= 11 is 0. The van der Waals surface area contributed by atoms with Crippen molar-refractivity contribution in [2.24, 2.45) is 7.05 Å². The predicted molar refractivity (Wildman–Crippen MR) is 81.1 cm³/mol. The SMILES string of the molecule is COC(=O)c1ccc(S(=O)(=O)N(Cc2cnn(C)c2)C(C)C)o1. The summed E-state index contributed by atoms with van der Waals surface area (Å²) in [5, 5.41) is 3.74. The number of aromatic nitrogens is 2. The highest BCUT2D eigenvalue weighted by molar-refractivity contribution is 7.89. The Kier molecular flexibility index (Phi) is 4.90. The van der Waals surface area contributed by atoms with E-state index < -0.39 is 16.0 Å². The van der Waals surface area contributed by atoms with Gasteiger partial charge in [-0.1, -0.05) is 0 Å². The van der Waals surface area contributed by atoms with E-state index in [9.17, 15) is 13.2 Å². The summed E-state index contributed by atoms with van der Waals surface area (Å²) in [7, 11) is -0.935. The van der Waals surface area contributed by atoms with Crippen molar-refractivity contribution in [2.75, 3.05) is 7.11 Å². The van der Waals surface area contributed by atoms with E-state index in [1.165, 1.54) is 23.5 Å². The average molecular weight is 341 g/mol. The largest absolute Gasteiger partial charge is 0.463 e. The molecule has 0 spiro atoms. The van der Waals surface area contributed by atoms with Gasteiger partial charge in [-0.2, -0.15) is 9.40 Å². The van der Waals surface area contributed by atoms with Crippen LogP contribution in [-0.4, -0.2) is 41.6 Å². The molecule has 0 aromatic carbocycles. The molecule has 8 nitrogen and oxygen atoms in total. The Labute approximate surface area is 134 Å². The number of carbonyl (C=O) groups is 1. The summed E-state index contributed by atoms with van der Waals surface area (Å²) < 4.78 is 38.1. The first kappa shape index (κ1) is 17.2. The second-order valence-electron chi connectivity index (χ2n) is 5.28. The van der Waals surface area contributed by atoms with Gasteiger partial charge in [0, 0.05) is 31.4 Å². The zero-order chi connectivity index (χ0) is 17.2. The molecular formula is C14H19N3O5S. The zero-order valence-corrected chi connectivity index (χ0v) is 14.2. The smallest absolute Gasteiger partial charge is 0.374 e. The first-order chi connectivity index (χ1) is 10.8. The van der Waals surface area contributed by atoms with E-state index in [-0.39, 0.29) is 23.4 Å². The number of methoxy groups -OCH3 is 1. The Morgan fingerprint density at radius 2 is 2.13 bits per heavy atom. The van der Waals surface area contributed by atoms with Crippen LogP contribution in [0.15, 0.2) is 34.0 Å². The van der Waals surface area contributed by atoms with Gasteiger partial charge in [0.15, 0.2) is 0 Å². The number of rotatable bonds is 6. The van der Waals surface area contributed by atoms with E-state index in [0.29, 0.717) is 0 Å². The van der Waals surface area contributed by atoms with Crippen molar-refractivity contribution in [3.8, 4) is 0 Å². The maximum Gasteiger partial charge on any atom is 0.374 e. The lowest BCUT2D eigenvalue weighted by Gasteiger charge is -2.24. The predicted octanol–water partition coefficient (Wildman–Crippen LogP) is 1.40. The summed E-state index contributed by atoms with van der Waals surface area (Å²) in [5.74, 6) is -0.883. The topological polar surface area (TPSA) is 94.6 Å². The number of hydrogen-bond donors (Lipinski definition) is 0. The molecule has 9 heteroatoms. The number of esters is 1. The molecule has 0 unspecified atom stereocenters. The number of sulfonamides is 1. The first-order valence-electron chi connectivity index (χ1n) is 6.93. The van der Waals surface area contributed by atoms with Gasteiger partial charge in [-0.05, 0) is 26.0 Å². The Morgan fingerprint density at radius 3 is 2.65 bits per heavy atom. The number of hydrogen-bond acceptors (Lipinski definition) is 6. The van der Waals surface area contributed by atoms with Crippen LogP contribution in [0.2, 0.25) is 0 Å². The third-order valence-corrected chi connectivity index (χ3v) is 5.10. The molecule has 23 heavy (non-hydrogen) atoms. The highest BCUT2D eigenvalue weighted by Crippen LogP contribution is 2.23. The van der Waals surface area contributed by atoms with Gasteiger partial charge >= 0.3 is 5.97 Å². The third-order valence-electron chi connectivity index (χ3n) is 3.20. The minimum atomic E-state index is -3.89. The van der Waals surface area contributed by atoms with Crippen molar-refractivity contribution < 1.29 is 22.4 Å². The molecule has 126 valence electrons. The number of ether oxygens (including phenoxy) is 1. The van der Waals surface area contributed by atoms with Crippen LogP contribution in [0.25, 0.3) is 0 Å². The molecule has 0 aliphatic carbocycles. The summed E-state index contributed by atoms with van der Waals surface area (Å²) in [5.41, 5.74) is 0.754. The molecule has 0 atom stereocenters. The summed E-state index contributed by atoms with van der Waals surface area (Å²) in [6.45, 7) is 3.68. The summed E-state index contributed by atoms with van der Waals surface area (Å²) in [6.07, 6.45) is 3.35. The number of carbonyl (C=O) groups excluding carboxylic acids is 1. The van der Waals surface area contributed by atoms with Crippen LogP contribution in [0, 0.1) is 0 Å². The molecule has 0 aliphatic rings. The molecule has 0 fully saturated rings. The standard InChI is InChI=1S/C14H19N3O5S/c1-10(2)17(9-11-7-15-16(3)8-11)23(19,20)13-6-5-12(22-13)14(18)21-4/h5-8,10H,9H2,1-4H3. The molecule has 0 N–H and O–H groups in total. The highest BCUT2D eigenvalue weighted by atomic mass is 32.2. The Balaban J connectivity index is 2.33. The Morgan fingerprint density at radius 1 is 1.43 bits per heavy atom. The Bertz CT molecular complexity index is 791. The van der Waals surface area contributed by atoms with Crippen LogP contribution in [-0.2, 0) is 28.4 Å². The van der Waals surface area contributed by atoms with Gasteiger partial charge in [-0.15, -0.1) is 0 Å². The zero-order valence-electron chi connectivity index (χ0n) is 13.4. The van der Waals surface area contributed by atoms with Gasteiger partial charge in [0.1, 0.15) is 0 Å². The molecule has 0 amide bonds. The molecular weight excluding hydrogens is 322 g/mol. The van der Waals surface area contributed by atoms with E-state index in [4.69, 9.17) is 4.42 Å². The maximum atomic E-state index is 12.8. The first-order valence-corrected chi connectivity index (χ1v) is 8.37. The molecule has 2 heterocycles. The number of furan rings is 1. The molecule has 0 saturated carbocycles. The van der Waals surface area contributed by atoms with Gasteiger partial charge in [-0.25, -0.2) is 13.2 Å². The minimum absolute atomic E-state index is 0.155. The van der Waals surface area contributed by atoms with Crippen LogP contribution in [0.5, 0.6) is 0 Å². The van der Waals surface area contributed by atoms with Crippen LogP contribution >= 0.6 is 0 Å². The van der Waals surface area contributed by atoms with Crippen LogP contribution in [0.3, 0.4) is 0 Å². The lowest BCUT2D eigenvalue weighted by Crippen LogP contribution is -2.36. The van der Waals surface area contributed by atoms with Gasteiger partial charge in [0.2, 0.25) is 10.9 Å². The van der Waals surface area contributed by atoms with Gasteiger partial charge in [0.25, 0.3) is 10.0 Å². The third kappa shape index (κ3) is 3.62. The molecule has 0 saturated heterocycles. The normalized spacial score (nSPS) is 12.1. The maximum absolute atomic E-state index is 12.8. The molecule has 2 aromatic heterocycles. The van der Waals surface area contributed by atoms with Crippen molar-refractivity contribution in [3.05, 3.63) is 35.9 Å². The van der Waals surface area contributed by atoms with Crippen molar-refractivity contribution in [3.63, 3.8) is 0 Å². The molecule has 0 aliphatic heterocycles. The molecule has 2 aromatic rings. The number of nitrogens with zero attached hydrogens (tertiary/aromatic N) is 3. The minimum Gasteiger partial charge on any atom is -0.463 e. The van der Waals surface area contributed by atoms with E-state index in [0.717, 1.165) is 5.56 Å². The number of aryl methyl sites for hydroxylation is 1. The van der Waals surface area contributed by atoms with Gasteiger partial charge in [-0.3, -0.25) is 4.68 Å². The lowest BCUT2D eigenvalue weighted by atomic mass is 10.3. The van der Waals surface area contributed by atoms with Crippen LogP contribution < -0.4 is 0 Å². The fourth-order valence-electron chi connectivity index (χ4n) is 2.06. The van der Waals surface area contributed by atoms with E-state index >= 15 is 0 Å². The lowest BCUT2D eigenvalue weighted by molar-refractivity contribution is 0.0558. The van der Waals surface area contributed by atoms with Crippen molar-refractivity contribution in [2.45, 2.75) is 31.5 Å². The van der Waals surface area contributed by atoms with E-state index in [1.54, 1.807) is 38.0 Å².